The third-order valence-corrected chi connectivity index (χ3v) is 5.09. The Morgan fingerprint density at radius 2 is 1.85 bits per heavy atom. The first-order valence-electron chi connectivity index (χ1n) is 8.27. The monoisotopic (exact) mass is 431 g/mol. The first-order chi connectivity index (χ1) is 12.8. The third-order valence-electron chi connectivity index (χ3n) is 4.60. The Kier molecular flexibility index (Phi) is 5.17. The summed E-state index contributed by atoms with van der Waals surface area (Å²) in [5.41, 5.74) is 0.0272. The summed E-state index contributed by atoms with van der Waals surface area (Å²) in [5, 5.41) is 11.2. The summed E-state index contributed by atoms with van der Waals surface area (Å²) in [6, 6.07) is 11.8. The second kappa shape index (κ2) is 7.25. The highest BCUT2D eigenvalue weighted by Gasteiger charge is 2.51. The van der Waals surface area contributed by atoms with Crippen LogP contribution in [0.25, 0.3) is 0 Å². The van der Waals surface area contributed by atoms with Gasteiger partial charge in [-0.05, 0) is 25.1 Å². The van der Waals surface area contributed by atoms with Crippen LogP contribution in [0, 0.1) is 6.92 Å². The van der Waals surface area contributed by atoms with E-state index in [2.05, 4.69) is 20.7 Å². The van der Waals surface area contributed by atoms with E-state index in [4.69, 9.17) is 0 Å². The summed E-state index contributed by atoms with van der Waals surface area (Å²) in [6.07, 6.45) is -0.421. The van der Waals surface area contributed by atoms with Gasteiger partial charge in [-0.15, -0.1) is 0 Å². The van der Waals surface area contributed by atoms with Crippen LogP contribution in [0.3, 0.4) is 0 Å². The van der Waals surface area contributed by atoms with Crippen LogP contribution in [0.4, 0.5) is 5.69 Å². The molecule has 140 valence electrons. The minimum Gasteiger partial charge on any atom is -0.468 e. The zero-order chi connectivity index (χ0) is 19.8. The second-order valence-electron chi connectivity index (χ2n) is 6.46. The van der Waals surface area contributed by atoms with Crippen LogP contribution >= 0.6 is 15.9 Å². The molecule has 27 heavy (non-hydrogen) atoms. The number of esters is 1. The SMILES string of the molecule is COC(=O)CN1C(=O)[C@](O)(CC(=O)c2ccc(C)cc2)c2cc(Br)ccc21. The molecular weight excluding hydrogens is 414 g/mol. The molecule has 1 heterocycles. The zero-order valence-electron chi connectivity index (χ0n) is 14.9. The molecule has 1 aliphatic heterocycles. The molecule has 1 atom stereocenters. The Morgan fingerprint density at radius 3 is 2.48 bits per heavy atom. The quantitative estimate of drug-likeness (QED) is 0.581. The van der Waals surface area contributed by atoms with Crippen LogP contribution in [0.5, 0.6) is 0 Å². The van der Waals surface area contributed by atoms with Crippen molar-refractivity contribution >= 4 is 39.3 Å². The molecule has 0 bridgehead atoms. The third kappa shape index (κ3) is 3.52. The lowest BCUT2D eigenvalue weighted by Gasteiger charge is -2.22. The van der Waals surface area contributed by atoms with Crippen molar-refractivity contribution < 1.29 is 24.2 Å². The number of carbonyl (C=O) groups excluding carboxylic acids is 3. The van der Waals surface area contributed by atoms with Crippen LogP contribution in [0.2, 0.25) is 0 Å². The molecule has 1 amide bonds. The predicted octanol–water partition coefficient (Wildman–Crippen LogP) is 2.74. The van der Waals surface area contributed by atoms with Gasteiger partial charge in [0.25, 0.3) is 5.91 Å². The van der Waals surface area contributed by atoms with E-state index in [1.165, 1.54) is 7.11 Å². The molecule has 2 aromatic carbocycles. The van der Waals surface area contributed by atoms with Crippen molar-refractivity contribution in [2.45, 2.75) is 18.9 Å². The summed E-state index contributed by atoms with van der Waals surface area (Å²) >= 11 is 3.32. The molecule has 7 heteroatoms. The number of halogens is 1. The fourth-order valence-corrected chi connectivity index (χ4v) is 3.48. The molecule has 1 N–H and O–H groups in total. The van der Waals surface area contributed by atoms with Crippen molar-refractivity contribution in [2.75, 3.05) is 18.6 Å². The molecular formula is C20H18BrNO5. The Labute approximate surface area is 164 Å². The molecule has 0 aromatic heterocycles. The van der Waals surface area contributed by atoms with Gasteiger partial charge in [0, 0.05) is 15.6 Å². The molecule has 2 aromatic rings. The standard InChI is InChI=1S/C20H18BrNO5/c1-12-3-5-13(6-4-12)17(23)10-20(26)15-9-14(21)7-8-16(15)22(19(20)25)11-18(24)27-2/h3-9,26H,10-11H2,1-2H3/t20-/m0/s1. The van der Waals surface area contributed by atoms with Crippen LogP contribution in [0.1, 0.15) is 27.9 Å². The molecule has 0 radical (unpaired) electrons. The number of carbonyl (C=O) groups is 3. The smallest absolute Gasteiger partial charge is 0.325 e. The fraction of sp³-hybridized carbons (Fsp3) is 0.250. The number of hydrogen-bond acceptors (Lipinski definition) is 5. The fourth-order valence-electron chi connectivity index (χ4n) is 3.12. The number of fused-ring (bicyclic) bond motifs is 1. The van der Waals surface area contributed by atoms with E-state index in [0.29, 0.717) is 15.7 Å². The van der Waals surface area contributed by atoms with Crippen LogP contribution in [-0.4, -0.2) is 36.4 Å². The largest absolute Gasteiger partial charge is 0.468 e. The Bertz CT molecular complexity index is 924. The van der Waals surface area contributed by atoms with E-state index in [1.54, 1.807) is 42.5 Å². The summed E-state index contributed by atoms with van der Waals surface area (Å²) in [6.45, 7) is 1.56. The first kappa shape index (κ1) is 19.3. The number of aryl methyl sites for hydroxylation is 1. The Balaban J connectivity index is 1.99. The van der Waals surface area contributed by atoms with Gasteiger partial charge in [0.2, 0.25) is 0 Å². The van der Waals surface area contributed by atoms with Crippen molar-refractivity contribution in [3.05, 3.63) is 63.6 Å². The van der Waals surface area contributed by atoms with Gasteiger partial charge >= 0.3 is 5.97 Å². The number of nitrogens with zero attached hydrogens (tertiary/aromatic N) is 1. The average molecular weight is 432 g/mol. The minimum atomic E-state index is -2.05. The van der Waals surface area contributed by atoms with Crippen molar-refractivity contribution in [1.29, 1.82) is 0 Å². The summed E-state index contributed by atoms with van der Waals surface area (Å²) in [4.78, 5) is 38.5. The van der Waals surface area contributed by atoms with Crippen LogP contribution in [0.15, 0.2) is 46.9 Å². The molecule has 0 aliphatic carbocycles. The lowest BCUT2D eigenvalue weighted by molar-refractivity contribution is -0.142. The number of benzene rings is 2. The average Bonchev–Trinajstić information content (AvgIpc) is 2.83. The van der Waals surface area contributed by atoms with Crippen molar-refractivity contribution in [3.63, 3.8) is 0 Å². The maximum Gasteiger partial charge on any atom is 0.325 e. The summed E-state index contributed by atoms with van der Waals surface area (Å²) in [7, 11) is 1.22. The lowest BCUT2D eigenvalue weighted by atomic mass is 9.88. The van der Waals surface area contributed by atoms with E-state index in [0.717, 1.165) is 10.5 Å². The maximum absolute atomic E-state index is 13.0. The predicted molar refractivity (Wildman–Crippen MR) is 103 cm³/mol. The molecule has 0 unspecified atom stereocenters. The van der Waals surface area contributed by atoms with Crippen molar-refractivity contribution in [1.82, 2.24) is 0 Å². The topological polar surface area (TPSA) is 83.9 Å². The number of rotatable bonds is 5. The number of methoxy groups -OCH3 is 1. The normalized spacial score (nSPS) is 18.4. The van der Waals surface area contributed by atoms with Gasteiger partial charge in [-0.3, -0.25) is 19.3 Å². The van der Waals surface area contributed by atoms with Crippen LogP contribution < -0.4 is 4.90 Å². The highest BCUT2D eigenvalue weighted by molar-refractivity contribution is 9.10. The maximum atomic E-state index is 13.0. The number of hydrogen-bond donors (Lipinski definition) is 1. The minimum absolute atomic E-state index is 0.284. The van der Waals surface area contributed by atoms with Gasteiger partial charge < -0.3 is 9.84 Å². The number of amides is 1. The van der Waals surface area contributed by atoms with E-state index in [1.807, 2.05) is 6.92 Å². The van der Waals surface area contributed by atoms with E-state index in [9.17, 15) is 19.5 Å². The highest BCUT2D eigenvalue weighted by atomic mass is 79.9. The van der Waals surface area contributed by atoms with Crippen molar-refractivity contribution in [3.8, 4) is 0 Å². The van der Waals surface area contributed by atoms with E-state index >= 15 is 0 Å². The first-order valence-corrected chi connectivity index (χ1v) is 9.06. The van der Waals surface area contributed by atoms with E-state index < -0.39 is 23.9 Å². The van der Waals surface area contributed by atoms with Crippen molar-refractivity contribution in [2.24, 2.45) is 0 Å². The van der Waals surface area contributed by atoms with E-state index in [-0.39, 0.29) is 17.9 Å². The van der Waals surface area contributed by atoms with Gasteiger partial charge in [0.1, 0.15) is 6.54 Å². The van der Waals surface area contributed by atoms with Gasteiger partial charge in [-0.25, -0.2) is 0 Å². The number of Topliss-reactive ketones (excluding diaryl/α,β-unsaturated/α-hetero) is 1. The molecule has 0 saturated heterocycles. The molecule has 3 rings (SSSR count). The van der Waals surface area contributed by atoms with Gasteiger partial charge in [-0.1, -0.05) is 45.8 Å². The molecule has 0 saturated carbocycles. The van der Waals surface area contributed by atoms with Gasteiger partial charge in [0.15, 0.2) is 11.4 Å². The Morgan fingerprint density at radius 1 is 1.19 bits per heavy atom. The number of ketones is 1. The summed E-state index contributed by atoms with van der Waals surface area (Å²) < 4.78 is 5.29. The lowest BCUT2D eigenvalue weighted by Crippen LogP contribution is -2.43. The molecule has 6 nitrogen and oxygen atoms in total. The highest BCUT2D eigenvalue weighted by Crippen LogP contribution is 2.44. The second-order valence-corrected chi connectivity index (χ2v) is 7.37. The Hall–Kier alpha value is -2.51. The zero-order valence-corrected chi connectivity index (χ0v) is 16.4. The number of anilines is 1. The van der Waals surface area contributed by atoms with Gasteiger partial charge in [-0.2, -0.15) is 0 Å². The molecule has 0 spiro atoms. The van der Waals surface area contributed by atoms with Crippen LogP contribution in [-0.2, 0) is 19.9 Å². The summed E-state index contributed by atoms with van der Waals surface area (Å²) in [5.74, 6) is -1.70. The molecule has 1 aliphatic rings. The number of aliphatic hydroxyl groups is 1. The number of ether oxygens (including phenoxy) is 1. The molecule has 0 fully saturated rings. The van der Waals surface area contributed by atoms with Gasteiger partial charge in [0.05, 0.1) is 19.2 Å².